The van der Waals surface area contributed by atoms with Gasteiger partial charge in [0.15, 0.2) is 5.69 Å². The first-order chi connectivity index (χ1) is 14.5. The van der Waals surface area contributed by atoms with Gasteiger partial charge in [0.05, 0.1) is 6.04 Å². The van der Waals surface area contributed by atoms with Crippen LogP contribution in [0.2, 0.25) is 0 Å². The van der Waals surface area contributed by atoms with Gasteiger partial charge in [0.2, 0.25) is 5.75 Å². The summed E-state index contributed by atoms with van der Waals surface area (Å²) in [5.41, 5.74) is 0.686. The predicted molar refractivity (Wildman–Crippen MR) is 115 cm³/mol. The van der Waals surface area contributed by atoms with Gasteiger partial charge in [-0.2, -0.15) is 4.98 Å². The van der Waals surface area contributed by atoms with E-state index in [0.29, 0.717) is 31.8 Å². The molecule has 1 aromatic heterocycles. The minimum atomic E-state index is -0.725. The van der Waals surface area contributed by atoms with Crippen LogP contribution in [0.1, 0.15) is 54.0 Å². The summed E-state index contributed by atoms with van der Waals surface area (Å²) in [4.78, 5) is 30.6. The van der Waals surface area contributed by atoms with Crippen molar-refractivity contribution in [3.63, 3.8) is 0 Å². The average molecular weight is 414 g/mol. The first-order valence-corrected chi connectivity index (χ1v) is 10.7. The van der Waals surface area contributed by atoms with Gasteiger partial charge in [0.25, 0.3) is 5.91 Å². The number of aryl methyl sites for hydroxylation is 2. The maximum absolute atomic E-state index is 12.8. The van der Waals surface area contributed by atoms with Gasteiger partial charge in [0, 0.05) is 33.7 Å². The number of methoxy groups -OCH3 is 1. The van der Waals surface area contributed by atoms with Crippen LogP contribution in [0.3, 0.4) is 0 Å². The van der Waals surface area contributed by atoms with E-state index in [0.717, 1.165) is 32.1 Å². The van der Waals surface area contributed by atoms with E-state index in [1.165, 1.54) is 5.56 Å². The highest BCUT2D eigenvalue weighted by atomic mass is 16.5. The molecule has 30 heavy (non-hydrogen) atoms. The Labute approximate surface area is 177 Å². The lowest BCUT2D eigenvalue weighted by Crippen LogP contribution is -2.48. The van der Waals surface area contributed by atoms with E-state index < -0.39 is 11.3 Å². The first kappa shape index (κ1) is 22.0. The number of unbranched alkanes of at least 4 members (excludes halogenated alkanes) is 3. The van der Waals surface area contributed by atoms with Gasteiger partial charge in [-0.3, -0.25) is 9.59 Å². The van der Waals surface area contributed by atoms with Crippen LogP contribution >= 0.6 is 0 Å². The molecule has 7 nitrogen and oxygen atoms in total. The Hall–Kier alpha value is -2.67. The fourth-order valence-corrected chi connectivity index (χ4v) is 4.01. The van der Waals surface area contributed by atoms with Crippen molar-refractivity contribution in [3.8, 4) is 5.75 Å². The Balaban J connectivity index is 1.63. The van der Waals surface area contributed by atoms with Crippen LogP contribution in [0.4, 0.5) is 0 Å². The lowest BCUT2D eigenvalue weighted by atomic mass is 10.0. The van der Waals surface area contributed by atoms with E-state index in [1.54, 1.807) is 23.6 Å². The molecule has 0 aliphatic carbocycles. The summed E-state index contributed by atoms with van der Waals surface area (Å²) in [6.07, 6.45) is 6.49. The summed E-state index contributed by atoms with van der Waals surface area (Å²) in [5, 5.41) is 10.2. The quantitative estimate of drug-likeness (QED) is 0.606. The van der Waals surface area contributed by atoms with Crippen molar-refractivity contribution in [1.82, 2.24) is 14.5 Å². The zero-order valence-electron chi connectivity index (χ0n) is 17.8. The Morgan fingerprint density at radius 2 is 1.80 bits per heavy atom. The number of rotatable bonds is 10. The number of amides is 1. The SMILES string of the molecule is COCC[C@@H]1Cn2c(CCCCCCc3ccccc3)nc(=O)c(O)c2C(=O)N1C. The number of aromatic hydroxyl groups is 1. The molecular weight excluding hydrogens is 382 g/mol. The predicted octanol–water partition coefficient (Wildman–Crippen LogP) is 2.79. The van der Waals surface area contributed by atoms with Gasteiger partial charge in [-0.1, -0.05) is 43.2 Å². The third-order valence-electron chi connectivity index (χ3n) is 5.82. The average Bonchev–Trinajstić information content (AvgIpc) is 2.75. The number of ether oxygens (including phenoxy) is 1. The fourth-order valence-electron chi connectivity index (χ4n) is 4.01. The lowest BCUT2D eigenvalue weighted by Gasteiger charge is -2.36. The Bertz CT molecular complexity index is 911. The maximum Gasteiger partial charge on any atom is 0.315 e. The lowest BCUT2D eigenvalue weighted by molar-refractivity contribution is 0.0590. The summed E-state index contributed by atoms with van der Waals surface area (Å²) in [6, 6.07) is 10.4. The number of hydrogen-bond acceptors (Lipinski definition) is 5. The van der Waals surface area contributed by atoms with Crippen LogP contribution in [0, 0.1) is 0 Å². The van der Waals surface area contributed by atoms with E-state index in [-0.39, 0.29) is 17.6 Å². The third-order valence-corrected chi connectivity index (χ3v) is 5.82. The smallest absolute Gasteiger partial charge is 0.315 e. The number of carbonyl (C=O) groups is 1. The van der Waals surface area contributed by atoms with Gasteiger partial charge in [-0.15, -0.1) is 0 Å². The number of aromatic nitrogens is 2. The monoisotopic (exact) mass is 413 g/mol. The van der Waals surface area contributed by atoms with Gasteiger partial charge in [-0.05, 0) is 31.2 Å². The molecule has 2 heterocycles. The topological polar surface area (TPSA) is 84.7 Å². The van der Waals surface area contributed by atoms with E-state index in [2.05, 4.69) is 29.2 Å². The summed E-state index contributed by atoms with van der Waals surface area (Å²) < 4.78 is 6.90. The second kappa shape index (κ2) is 10.4. The van der Waals surface area contributed by atoms with Crippen molar-refractivity contribution in [1.29, 1.82) is 0 Å². The zero-order valence-corrected chi connectivity index (χ0v) is 17.8. The Morgan fingerprint density at radius 3 is 2.50 bits per heavy atom. The molecule has 1 amide bonds. The number of fused-ring (bicyclic) bond motifs is 1. The molecule has 0 radical (unpaired) electrons. The summed E-state index contributed by atoms with van der Waals surface area (Å²) in [7, 11) is 3.33. The fraction of sp³-hybridized carbons (Fsp3) is 0.522. The summed E-state index contributed by atoms with van der Waals surface area (Å²) in [5.74, 6) is -0.313. The standard InChI is InChI=1S/C23H31N3O4/c1-25-18(14-15-30-2)16-26-19(24-22(28)21(27)20(26)23(25)29)13-9-4-3-6-10-17-11-7-5-8-12-17/h5,7-8,11-12,18,27H,3-4,6,9-10,13-16H2,1-2H3/t18-/m1/s1. The minimum absolute atomic E-state index is 0.0572. The molecule has 1 aromatic carbocycles. The molecule has 0 saturated carbocycles. The molecule has 3 rings (SSSR count). The van der Waals surface area contributed by atoms with Gasteiger partial charge < -0.3 is 19.3 Å². The molecule has 162 valence electrons. The van der Waals surface area contributed by atoms with E-state index in [9.17, 15) is 14.7 Å². The maximum atomic E-state index is 12.8. The second-order valence-electron chi connectivity index (χ2n) is 7.89. The van der Waals surface area contributed by atoms with Crippen molar-refractivity contribution >= 4 is 5.91 Å². The molecule has 0 saturated heterocycles. The van der Waals surface area contributed by atoms with Crippen molar-refractivity contribution in [2.45, 2.75) is 57.5 Å². The molecule has 7 heteroatoms. The number of nitrogens with zero attached hydrogens (tertiary/aromatic N) is 3. The molecule has 1 aliphatic heterocycles. The number of carbonyl (C=O) groups excluding carboxylic acids is 1. The van der Waals surface area contributed by atoms with E-state index >= 15 is 0 Å². The number of benzene rings is 1. The number of hydrogen-bond donors (Lipinski definition) is 1. The molecule has 0 unspecified atom stereocenters. The number of likely N-dealkylation sites (N-methyl/N-ethyl adjacent to an activating group) is 1. The molecule has 1 atom stereocenters. The van der Waals surface area contributed by atoms with Crippen molar-refractivity contribution in [2.75, 3.05) is 20.8 Å². The molecule has 0 fully saturated rings. The molecule has 1 N–H and O–H groups in total. The van der Waals surface area contributed by atoms with Gasteiger partial charge in [-0.25, -0.2) is 0 Å². The van der Waals surface area contributed by atoms with Crippen molar-refractivity contribution in [3.05, 3.63) is 57.8 Å². The van der Waals surface area contributed by atoms with Crippen LogP contribution in [-0.2, 0) is 24.1 Å². The van der Waals surface area contributed by atoms with E-state index in [4.69, 9.17) is 4.74 Å². The molecular formula is C23H31N3O4. The van der Waals surface area contributed by atoms with Crippen LogP contribution in [0.5, 0.6) is 5.75 Å². The first-order valence-electron chi connectivity index (χ1n) is 10.7. The molecule has 2 aromatic rings. The van der Waals surface area contributed by atoms with Crippen LogP contribution in [-0.4, -0.2) is 52.3 Å². The third kappa shape index (κ3) is 5.08. The molecule has 0 bridgehead atoms. The molecule has 0 spiro atoms. The van der Waals surface area contributed by atoms with Gasteiger partial charge >= 0.3 is 5.56 Å². The highest BCUT2D eigenvalue weighted by Gasteiger charge is 2.34. The van der Waals surface area contributed by atoms with Crippen LogP contribution in [0.25, 0.3) is 0 Å². The Morgan fingerprint density at radius 1 is 1.10 bits per heavy atom. The second-order valence-corrected chi connectivity index (χ2v) is 7.89. The van der Waals surface area contributed by atoms with Crippen molar-refractivity contribution < 1.29 is 14.6 Å². The summed E-state index contributed by atoms with van der Waals surface area (Å²) >= 11 is 0. The zero-order chi connectivity index (χ0) is 21.5. The minimum Gasteiger partial charge on any atom is -0.501 e. The van der Waals surface area contributed by atoms with Gasteiger partial charge in [0.1, 0.15) is 5.82 Å². The normalized spacial score (nSPS) is 16.0. The largest absolute Gasteiger partial charge is 0.501 e. The molecule has 1 aliphatic rings. The highest BCUT2D eigenvalue weighted by Crippen LogP contribution is 2.24. The van der Waals surface area contributed by atoms with Crippen LogP contribution < -0.4 is 5.56 Å². The Kier molecular flexibility index (Phi) is 7.63. The summed E-state index contributed by atoms with van der Waals surface area (Å²) in [6.45, 7) is 1.04. The highest BCUT2D eigenvalue weighted by molar-refractivity contribution is 5.95. The van der Waals surface area contributed by atoms with E-state index in [1.807, 2.05) is 6.07 Å². The van der Waals surface area contributed by atoms with Crippen LogP contribution in [0.15, 0.2) is 35.1 Å². The van der Waals surface area contributed by atoms with Crippen molar-refractivity contribution in [2.24, 2.45) is 0 Å².